The molecule has 0 saturated heterocycles. The molecule has 2 rings (SSSR count). The Morgan fingerprint density at radius 2 is 2.17 bits per heavy atom. The van der Waals surface area contributed by atoms with Gasteiger partial charge in [-0.25, -0.2) is 0 Å². The summed E-state index contributed by atoms with van der Waals surface area (Å²) in [4.78, 5) is 12.4. The van der Waals surface area contributed by atoms with Crippen LogP contribution < -0.4 is 5.32 Å². The largest absolute Gasteiger partial charge is 0.508 e. The van der Waals surface area contributed by atoms with Gasteiger partial charge in [0, 0.05) is 17.4 Å². The average Bonchev–Trinajstić information content (AvgIpc) is 2.72. The maximum absolute atomic E-state index is 11.9. The molecule has 0 bridgehead atoms. The van der Waals surface area contributed by atoms with Crippen LogP contribution in [0.2, 0.25) is 0 Å². The van der Waals surface area contributed by atoms with E-state index in [4.69, 9.17) is 5.11 Å². The number of aromatic hydroxyl groups is 2. The van der Waals surface area contributed by atoms with E-state index in [-0.39, 0.29) is 23.0 Å². The van der Waals surface area contributed by atoms with Crippen LogP contribution in [-0.4, -0.2) is 27.5 Å². The van der Waals surface area contributed by atoms with Gasteiger partial charge >= 0.3 is 0 Å². The van der Waals surface area contributed by atoms with Crippen molar-refractivity contribution in [3.8, 4) is 11.5 Å². The zero-order valence-electron chi connectivity index (χ0n) is 9.90. The van der Waals surface area contributed by atoms with Crippen LogP contribution in [0.15, 0.2) is 18.2 Å². The molecular weight excluding hydrogens is 298 g/mol. The number of halogens is 1. The highest BCUT2D eigenvalue weighted by molar-refractivity contribution is 9.09. The van der Waals surface area contributed by atoms with Gasteiger partial charge in [-0.1, -0.05) is 15.9 Å². The fraction of sp³-hybridized carbons (Fsp3) is 0.462. The molecule has 1 amide bonds. The topological polar surface area (TPSA) is 69.6 Å². The third-order valence-electron chi connectivity index (χ3n) is 3.25. The molecule has 4 nitrogen and oxygen atoms in total. The summed E-state index contributed by atoms with van der Waals surface area (Å²) < 4.78 is 0. The highest BCUT2D eigenvalue weighted by Crippen LogP contribution is 2.30. The number of phenols is 2. The predicted octanol–water partition coefficient (Wildman–Crippen LogP) is 2.39. The van der Waals surface area contributed by atoms with Crippen LogP contribution in [0.5, 0.6) is 11.5 Å². The predicted molar refractivity (Wildman–Crippen MR) is 72.2 cm³/mol. The number of alkyl halides is 1. The van der Waals surface area contributed by atoms with Gasteiger partial charge in [-0.05, 0) is 37.3 Å². The molecule has 0 radical (unpaired) electrons. The SMILES string of the molecule is O=C(NCC1CCC(Br)C1)c1ccc(O)cc1O. The summed E-state index contributed by atoms with van der Waals surface area (Å²) >= 11 is 3.57. The maximum Gasteiger partial charge on any atom is 0.255 e. The van der Waals surface area contributed by atoms with Gasteiger partial charge in [-0.15, -0.1) is 0 Å². The highest BCUT2D eigenvalue weighted by atomic mass is 79.9. The standard InChI is InChI=1S/C13H16BrNO3/c14-9-2-1-8(5-9)7-15-13(18)11-4-3-10(16)6-12(11)17/h3-4,6,8-9,16-17H,1-2,5,7H2,(H,15,18). The van der Waals surface area contributed by atoms with Crippen LogP contribution in [0, 0.1) is 5.92 Å². The van der Waals surface area contributed by atoms with E-state index in [1.807, 2.05) is 0 Å². The molecule has 98 valence electrons. The van der Waals surface area contributed by atoms with Crippen LogP contribution in [-0.2, 0) is 0 Å². The summed E-state index contributed by atoms with van der Waals surface area (Å²) in [6.07, 6.45) is 3.32. The minimum atomic E-state index is -0.300. The average molecular weight is 314 g/mol. The molecular formula is C13H16BrNO3. The molecule has 1 fully saturated rings. The third kappa shape index (κ3) is 3.16. The van der Waals surface area contributed by atoms with E-state index in [1.165, 1.54) is 18.2 Å². The first-order valence-corrected chi connectivity index (χ1v) is 6.92. The molecule has 5 heteroatoms. The molecule has 3 N–H and O–H groups in total. The molecule has 1 aliphatic rings. The van der Waals surface area contributed by atoms with Crippen molar-refractivity contribution in [3.05, 3.63) is 23.8 Å². The molecule has 0 spiro atoms. The van der Waals surface area contributed by atoms with Gasteiger partial charge in [-0.2, -0.15) is 0 Å². The Morgan fingerprint density at radius 3 is 2.78 bits per heavy atom. The van der Waals surface area contributed by atoms with Crippen molar-refractivity contribution >= 4 is 21.8 Å². The second-order valence-corrected chi connectivity index (χ2v) is 5.98. The zero-order valence-corrected chi connectivity index (χ0v) is 11.5. The highest BCUT2D eigenvalue weighted by Gasteiger charge is 2.23. The van der Waals surface area contributed by atoms with Crippen molar-refractivity contribution < 1.29 is 15.0 Å². The monoisotopic (exact) mass is 313 g/mol. The van der Waals surface area contributed by atoms with Crippen molar-refractivity contribution in [2.45, 2.75) is 24.1 Å². The lowest BCUT2D eigenvalue weighted by Crippen LogP contribution is -2.28. The molecule has 1 aromatic carbocycles. The molecule has 1 saturated carbocycles. The Morgan fingerprint density at radius 1 is 1.39 bits per heavy atom. The van der Waals surface area contributed by atoms with Gasteiger partial charge in [0.15, 0.2) is 0 Å². The number of rotatable bonds is 3. The number of nitrogens with one attached hydrogen (secondary N) is 1. The van der Waals surface area contributed by atoms with E-state index in [0.29, 0.717) is 17.3 Å². The quantitative estimate of drug-likeness (QED) is 0.750. The van der Waals surface area contributed by atoms with E-state index in [2.05, 4.69) is 21.2 Å². The Balaban J connectivity index is 1.91. The maximum atomic E-state index is 11.9. The summed E-state index contributed by atoms with van der Waals surface area (Å²) in [5, 5.41) is 21.5. The Labute approximate surface area is 114 Å². The van der Waals surface area contributed by atoms with Gasteiger partial charge in [0.05, 0.1) is 5.56 Å². The minimum Gasteiger partial charge on any atom is -0.508 e. The first-order valence-electron chi connectivity index (χ1n) is 6.00. The first-order chi connectivity index (χ1) is 8.56. The Bertz CT molecular complexity index is 450. The summed E-state index contributed by atoms with van der Waals surface area (Å²) in [6.45, 7) is 0.626. The lowest BCUT2D eigenvalue weighted by Gasteiger charge is -2.11. The van der Waals surface area contributed by atoms with Crippen LogP contribution in [0.25, 0.3) is 0 Å². The summed E-state index contributed by atoms with van der Waals surface area (Å²) in [5.74, 6) is -0.0534. The van der Waals surface area contributed by atoms with Crippen LogP contribution in [0.4, 0.5) is 0 Å². The zero-order chi connectivity index (χ0) is 13.1. The number of hydrogen-bond acceptors (Lipinski definition) is 3. The van der Waals surface area contributed by atoms with Crippen molar-refractivity contribution in [2.24, 2.45) is 5.92 Å². The number of carbonyl (C=O) groups excluding carboxylic acids is 1. The normalized spacial score (nSPS) is 22.9. The molecule has 2 unspecified atom stereocenters. The van der Waals surface area contributed by atoms with Crippen molar-refractivity contribution in [1.29, 1.82) is 0 Å². The first kappa shape index (κ1) is 13.2. The van der Waals surface area contributed by atoms with Crippen molar-refractivity contribution in [3.63, 3.8) is 0 Å². The van der Waals surface area contributed by atoms with Gasteiger partial charge in [-0.3, -0.25) is 4.79 Å². The van der Waals surface area contributed by atoms with E-state index < -0.39 is 0 Å². The summed E-state index contributed by atoms with van der Waals surface area (Å²) in [7, 11) is 0. The fourth-order valence-electron chi connectivity index (χ4n) is 2.24. The summed E-state index contributed by atoms with van der Waals surface area (Å²) in [5.41, 5.74) is 0.196. The number of carbonyl (C=O) groups is 1. The van der Waals surface area contributed by atoms with E-state index >= 15 is 0 Å². The fourth-order valence-corrected chi connectivity index (χ4v) is 3.04. The molecule has 1 aliphatic carbocycles. The molecule has 0 heterocycles. The number of benzene rings is 1. The van der Waals surface area contributed by atoms with Crippen LogP contribution in [0.3, 0.4) is 0 Å². The molecule has 0 aliphatic heterocycles. The summed E-state index contributed by atoms with van der Waals surface area (Å²) in [6, 6.07) is 3.97. The van der Waals surface area contributed by atoms with Gasteiger partial charge in [0.25, 0.3) is 5.91 Å². The lowest BCUT2D eigenvalue weighted by atomic mass is 10.1. The second-order valence-electron chi connectivity index (χ2n) is 4.69. The number of hydrogen-bond donors (Lipinski definition) is 3. The number of amides is 1. The van der Waals surface area contributed by atoms with Gasteiger partial charge < -0.3 is 15.5 Å². The molecule has 0 aromatic heterocycles. The Kier molecular flexibility index (Phi) is 4.11. The second kappa shape index (κ2) is 5.61. The molecule has 2 atom stereocenters. The van der Waals surface area contributed by atoms with E-state index in [9.17, 15) is 9.90 Å². The van der Waals surface area contributed by atoms with Crippen molar-refractivity contribution in [1.82, 2.24) is 5.32 Å². The smallest absolute Gasteiger partial charge is 0.255 e. The lowest BCUT2D eigenvalue weighted by molar-refractivity contribution is 0.0944. The van der Waals surface area contributed by atoms with Crippen molar-refractivity contribution in [2.75, 3.05) is 6.54 Å². The number of phenolic OH excluding ortho intramolecular Hbond substituents is 2. The van der Waals surface area contributed by atoms with Gasteiger partial charge in [0.2, 0.25) is 0 Å². The van der Waals surface area contributed by atoms with E-state index in [0.717, 1.165) is 19.3 Å². The third-order valence-corrected chi connectivity index (χ3v) is 4.09. The Hall–Kier alpha value is -1.23. The van der Waals surface area contributed by atoms with Crippen LogP contribution in [0.1, 0.15) is 29.6 Å². The molecule has 1 aromatic rings. The molecule has 18 heavy (non-hydrogen) atoms. The minimum absolute atomic E-state index is 0.0537. The van der Waals surface area contributed by atoms with E-state index in [1.54, 1.807) is 0 Å². The van der Waals surface area contributed by atoms with Gasteiger partial charge in [0.1, 0.15) is 11.5 Å². The van der Waals surface area contributed by atoms with Crippen LogP contribution >= 0.6 is 15.9 Å².